The van der Waals surface area contributed by atoms with Crippen LogP contribution < -0.4 is 11.0 Å². The number of amides is 2. The second-order valence-electron chi connectivity index (χ2n) is 6.38. The van der Waals surface area contributed by atoms with Crippen molar-refractivity contribution >= 4 is 24.9 Å². The number of benzene rings is 1. The van der Waals surface area contributed by atoms with Gasteiger partial charge in [0.25, 0.3) is 0 Å². The van der Waals surface area contributed by atoms with Crippen LogP contribution in [0.15, 0.2) is 24.3 Å². The fourth-order valence-electron chi connectivity index (χ4n) is 3.17. The molecule has 0 saturated carbocycles. The number of carbonyl (C=O) groups is 2. The van der Waals surface area contributed by atoms with E-state index in [9.17, 15) is 14.2 Å². The zero-order valence-corrected chi connectivity index (χ0v) is 18.1. The third-order valence-electron chi connectivity index (χ3n) is 4.55. The molecule has 0 aromatic heterocycles. The molecular formula is C19H30N3O6P. The van der Waals surface area contributed by atoms with Gasteiger partial charge < -0.3 is 29.3 Å². The Balaban J connectivity index is 2.17. The average Bonchev–Trinajstić information content (AvgIpc) is 2.73. The lowest BCUT2D eigenvalue weighted by atomic mass is 10.1. The van der Waals surface area contributed by atoms with Crippen LogP contribution in [0.3, 0.4) is 0 Å². The highest BCUT2D eigenvalue weighted by Gasteiger charge is 2.35. The molecule has 1 saturated heterocycles. The van der Waals surface area contributed by atoms with Crippen LogP contribution in [0.1, 0.15) is 32.4 Å². The molecule has 1 unspecified atom stereocenters. The Morgan fingerprint density at radius 2 is 1.55 bits per heavy atom. The number of hydrogen-bond donors (Lipinski definition) is 1. The van der Waals surface area contributed by atoms with Gasteiger partial charge in [-0.25, -0.2) is 4.79 Å². The van der Waals surface area contributed by atoms with Crippen molar-refractivity contribution in [1.82, 2.24) is 9.80 Å². The quantitative estimate of drug-likeness (QED) is 0.631. The van der Waals surface area contributed by atoms with Crippen molar-refractivity contribution in [2.75, 3.05) is 46.0 Å². The normalized spacial score (nSPS) is 15.9. The summed E-state index contributed by atoms with van der Waals surface area (Å²) in [7, 11) is -3.59. The van der Waals surface area contributed by atoms with Gasteiger partial charge >= 0.3 is 13.7 Å². The predicted octanol–water partition coefficient (Wildman–Crippen LogP) is 1.88. The van der Waals surface area contributed by atoms with Crippen molar-refractivity contribution in [3.63, 3.8) is 0 Å². The molecule has 1 aliphatic heterocycles. The summed E-state index contributed by atoms with van der Waals surface area (Å²) in [4.78, 5) is 28.0. The molecule has 10 heteroatoms. The van der Waals surface area contributed by atoms with Crippen molar-refractivity contribution in [2.24, 2.45) is 5.73 Å². The molecule has 0 aliphatic carbocycles. The van der Waals surface area contributed by atoms with Crippen LogP contribution in [0, 0.1) is 0 Å². The summed E-state index contributed by atoms with van der Waals surface area (Å²) in [5.41, 5.74) is 6.69. The van der Waals surface area contributed by atoms with Crippen LogP contribution in [0.4, 0.5) is 4.79 Å². The highest BCUT2D eigenvalue weighted by atomic mass is 31.2. The van der Waals surface area contributed by atoms with E-state index in [1.165, 1.54) is 0 Å². The predicted molar refractivity (Wildman–Crippen MR) is 109 cm³/mol. The molecule has 0 spiro atoms. The third kappa shape index (κ3) is 5.57. The van der Waals surface area contributed by atoms with Gasteiger partial charge in [0.15, 0.2) is 0 Å². The number of hydrogen-bond acceptors (Lipinski definition) is 7. The minimum Gasteiger partial charge on any atom is -0.450 e. The zero-order chi connectivity index (χ0) is 21.4. The summed E-state index contributed by atoms with van der Waals surface area (Å²) >= 11 is 0. The lowest BCUT2D eigenvalue weighted by molar-refractivity contribution is -0.134. The zero-order valence-electron chi connectivity index (χ0n) is 17.2. The van der Waals surface area contributed by atoms with Crippen LogP contribution in [-0.2, 0) is 23.1 Å². The lowest BCUT2D eigenvalue weighted by Crippen LogP contribution is -2.52. The van der Waals surface area contributed by atoms with Crippen LogP contribution in [0.2, 0.25) is 0 Å². The van der Waals surface area contributed by atoms with E-state index in [1.807, 2.05) is 0 Å². The first-order chi connectivity index (χ1) is 13.9. The summed E-state index contributed by atoms with van der Waals surface area (Å²) in [6, 6.07) is 5.70. The second kappa shape index (κ2) is 10.7. The fraction of sp³-hybridized carbons (Fsp3) is 0.579. The topological polar surface area (TPSA) is 111 Å². The molecule has 1 atom stereocenters. The Morgan fingerprint density at radius 1 is 1.00 bits per heavy atom. The number of rotatable bonds is 8. The van der Waals surface area contributed by atoms with E-state index in [4.69, 9.17) is 19.5 Å². The van der Waals surface area contributed by atoms with Gasteiger partial charge in [-0.05, 0) is 32.4 Å². The molecule has 2 amide bonds. The fourth-order valence-corrected chi connectivity index (χ4v) is 5.00. The van der Waals surface area contributed by atoms with Crippen LogP contribution in [-0.4, -0.2) is 67.8 Å². The second-order valence-corrected chi connectivity index (χ2v) is 8.37. The van der Waals surface area contributed by atoms with Gasteiger partial charge in [-0.2, -0.15) is 0 Å². The van der Waals surface area contributed by atoms with E-state index in [-0.39, 0.29) is 25.2 Å². The first-order valence-corrected chi connectivity index (χ1v) is 11.4. The first kappa shape index (κ1) is 23.3. The Labute approximate surface area is 171 Å². The molecule has 2 N–H and O–H groups in total. The number of nitrogens with zero attached hydrogens (tertiary/aromatic N) is 2. The lowest BCUT2D eigenvalue weighted by Gasteiger charge is -2.35. The molecule has 1 heterocycles. The number of carbonyl (C=O) groups excluding carboxylic acids is 2. The van der Waals surface area contributed by atoms with Crippen molar-refractivity contribution in [2.45, 2.75) is 26.8 Å². The van der Waals surface area contributed by atoms with Gasteiger partial charge in [0.2, 0.25) is 5.91 Å². The van der Waals surface area contributed by atoms with Crippen molar-refractivity contribution in [3.8, 4) is 0 Å². The van der Waals surface area contributed by atoms with Gasteiger partial charge in [0.05, 0.1) is 25.1 Å². The van der Waals surface area contributed by atoms with Crippen LogP contribution >= 0.6 is 7.60 Å². The van der Waals surface area contributed by atoms with E-state index >= 15 is 0 Å². The molecule has 1 fully saturated rings. The Bertz CT molecular complexity index is 741. The Morgan fingerprint density at radius 3 is 2.10 bits per heavy atom. The molecule has 29 heavy (non-hydrogen) atoms. The maximum Gasteiger partial charge on any atom is 0.409 e. The van der Waals surface area contributed by atoms with Gasteiger partial charge in [0, 0.05) is 26.2 Å². The Hall–Kier alpha value is -1.93. The molecule has 2 rings (SSSR count). The smallest absolute Gasteiger partial charge is 0.409 e. The minimum absolute atomic E-state index is 0.199. The average molecular weight is 427 g/mol. The SMILES string of the molecule is CCOC(=O)N1CCN(C(=O)C(N)c2ccccc2P(=O)(OCC)OCC)CC1. The van der Waals surface area contributed by atoms with Crippen molar-refractivity contribution < 1.29 is 27.9 Å². The van der Waals surface area contributed by atoms with E-state index in [0.717, 1.165) is 0 Å². The minimum atomic E-state index is -3.59. The molecule has 9 nitrogen and oxygen atoms in total. The largest absolute Gasteiger partial charge is 0.450 e. The maximum atomic E-state index is 13.2. The molecule has 1 aromatic carbocycles. The van der Waals surface area contributed by atoms with E-state index < -0.39 is 13.6 Å². The summed E-state index contributed by atoms with van der Waals surface area (Å²) in [6.45, 7) is 7.34. The standard InChI is InChI=1S/C19H30N3O6P/c1-4-26-19(24)22-13-11-21(12-14-22)18(23)17(20)15-9-7-8-10-16(15)29(25,27-5-2)28-6-3/h7-10,17H,4-6,11-14,20H2,1-3H3. The van der Waals surface area contributed by atoms with Crippen LogP contribution in [0.25, 0.3) is 0 Å². The summed E-state index contributed by atoms with van der Waals surface area (Å²) in [6.07, 6.45) is -0.386. The number of piperazine rings is 1. The first-order valence-electron chi connectivity index (χ1n) is 9.82. The van der Waals surface area contributed by atoms with E-state index in [1.54, 1.807) is 54.8 Å². The van der Waals surface area contributed by atoms with E-state index in [0.29, 0.717) is 43.7 Å². The highest BCUT2D eigenvalue weighted by molar-refractivity contribution is 7.62. The molecular weight excluding hydrogens is 397 g/mol. The molecule has 0 bridgehead atoms. The molecule has 1 aromatic rings. The van der Waals surface area contributed by atoms with Gasteiger partial charge in [-0.3, -0.25) is 9.36 Å². The Kier molecular flexibility index (Phi) is 8.64. The third-order valence-corrected chi connectivity index (χ3v) is 6.74. The molecule has 0 radical (unpaired) electrons. The summed E-state index contributed by atoms with van der Waals surface area (Å²) < 4.78 is 29.1. The van der Waals surface area contributed by atoms with Crippen molar-refractivity contribution in [3.05, 3.63) is 29.8 Å². The molecule has 1 aliphatic rings. The summed E-state index contributed by atoms with van der Waals surface area (Å²) in [5, 5.41) is 0.301. The maximum absolute atomic E-state index is 13.2. The van der Waals surface area contributed by atoms with Crippen LogP contribution in [0.5, 0.6) is 0 Å². The van der Waals surface area contributed by atoms with Crippen molar-refractivity contribution in [1.29, 1.82) is 0 Å². The van der Waals surface area contributed by atoms with Gasteiger partial charge in [0.1, 0.15) is 6.04 Å². The summed E-state index contributed by atoms with van der Waals surface area (Å²) in [5.74, 6) is -0.305. The number of nitrogens with two attached hydrogens (primary N) is 1. The molecule has 162 valence electrons. The van der Waals surface area contributed by atoms with Gasteiger partial charge in [-0.15, -0.1) is 0 Å². The highest BCUT2D eigenvalue weighted by Crippen LogP contribution is 2.48. The monoisotopic (exact) mass is 427 g/mol. The van der Waals surface area contributed by atoms with E-state index in [2.05, 4.69) is 0 Å². The number of ether oxygens (including phenoxy) is 1. The van der Waals surface area contributed by atoms with Gasteiger partial charge in [-0.1, -0.05) is 18.2 Å².